The van der Waals surface area contributed by atoms with Crippen molar-refractivity contribution in [3.63, 3.8) is 0 Å². The molecule has 0 spiro atoms. The molecule has 0 aliphatic heterocycles. The molecule has 0 heterocycles. The number of hydrogen-bond acceptors (Lipinski definition) is 5. The van der Waals surface area contributed by atoms with Crippen LogP contribution in [0.2, 0.25) is 0 Å². The van der Waals surface area contributed by atoms with Crippen LogP contribution in [0.15, 0.2) is 53.5 Å². The number of aliphatic imine (C=N–C) groups is 1. The largest absolute Gasteiger partial charge is 0.497 e. The maximum Gasteiger partial charge on any atom is 0.191 e. The quantitative estimate of drug-likeness (QED) is 0.151. The number of benzene rings is 2. The number of hydrogen-bond donors (Lipinski definition) is 3. The van der Waals surface area contributed by atoms with Crippen LogP contribution < -0.4 is 20.1 Å². The van der Waals surface area contributed by atoms with E-state index in [4.69, 9.17) is 14.2 Å². The van der Waals surface area contributed by atoms with Gasteiger partial charge in [-0.25, -0.2) is 9.38 Å². The van der Waals surface area contributed by atoms with E-state index >= 15 is 0 Å². The smallest absolute Gasteiger partial charge is 0.191 e. The van der Waals surface area contributed by atoms with Crippen LogP contribution in [0.1, 0.15) is 18.9 Å². The van der Waals surface area contributed by atoms with Gasteiger partial charge in [-0.05, 0) is 55.3 Å². The van der Waals surface area contributed by atoms with Gasteiger partial charge < -0.3 is 30.0 Å². The normalized spacial score (nSPS) is 11.9. The summed E-state index contributed by atoms with van der Waals surface area (Å²) in [7, 11) is 1.63. The molecule has 0 fully saturated rings. The van der Waals surface area contributed by atoms with Crippen LogP contribution in [0.3, 0.4) is 0 Å². The van der Waals surface area contributed by atoms with Crippen molar-refractivity contribution in [1.29, 1.82) is 0 Å². The number of guanidine groups is 1. The molecule has 3 N–H and O–H groups in total. The molecule has 2 aromatic carbocycles. The number of ether oxygens (including phenoxy) is 3. The third kappa shape index (κ3) is 11.5. The van der Waals surface area contributed by atoms with Crippen molar-refractivity contribution in [3.05, 3.63) is 59.9 Å². The van der Waals surface area contributed by atoms with Gasteiger partial charge in [0.15, 0.2) is 5.96 Å². The first-order valence-electron chi connectivity index (χ1n) is 10.4. The van der Waals surface area contributed by atoms with Crippen molar-refractivity contribution in [2.75, 3.05) is 40.0 Å². The molecule has 7 nitrogen and oxygen atoms in total. The lowest BCUT2D eigenvalue weighted by Gasteiger charge is -2.16. The molecule has 0 radical (unpaired) electrons. The summed E-state index contributed by atoms with van der Waals surface area (Å²) in [6.45, 7) is 4.83. The van der Waals surface area contributed by atoms with Gasteiger partial charge in [0.1, 0.15) is 30.0 Å². The number of halogens is 2. The molecule has 0 saturated carbocycles. The first kappa shape index (κ1) is 27.9. The number of nitrogens with zero attached hydrogens (tertiary/aromatic N) is 1. The van der Waals surface area contributed by atoms with Crippen molar-refractivity contribution in [2.45, 2.75) is 26.0 Å². The van der Waals surface area contributed by atoms with E-state index in [2.05, 4.69) is 15.6 Å². The molecule has 0 saturated heterocycles. The minimum atomic E-state index is -0.763. The molecule has 32 heavy (non-hydrogen) atoms. The van der Waals surface area contributed by atoms with E-state index in [0.717, 1.165) is 17.7 Å². The van der Waals surface area contributed by atoms with Crippen LogP contribution in [0, 0.1) is 5.82 Å². The fourth-order valence-electron chi connectivity index (χ4n) is 2.60. The van der Waals surface area contributed by atoms with Gasteiger partial charge in [0.2, 0.25) is 0 Å². The second-order valence-electron chi connectivity index (χ2n) is 6.79. The third-order valence-corrected chi connectivity index (χ3v) is 4.30. The van der Waals surface area contributed by atoms with Gasteiger partial charge in [0, 0.05) is 26.3 Å². The van der Waals surface area contributed by atoms with Gasteiger partial charge in [0.25, 0.3) is 0 Å². The Bertz CT molecular complexity index is 776. The summed E-state index contributed by atoms with van der Waals surface area (Å²) in [5.74, 6) is 1.56. The molecule has 1 atom stereocenters. The summed E-state index contributed by atoms with van der Waals surface area (Å²) in [6, 6.07) is 13.4. The monoisotopic (exact) mass is 561 g/mol. The summed E-state index contributed by atoms with van der Waals surface area (Å²) >= 11 is 0. The zero-order valence-electron chi connectivity index (χ0n) is 18.6. The molecule has 0 bridgehead atoms. The summed E-state index contributed by atoms with van der Waals surface area (Å²) < 4.78 is 29.0. The van der Waals surface area contributed by atoms with E-state index in [1.54, 1.807) is 7.11 Å². The molecule has 1 unspecified atom stereocenters. The van der Waals surface area contributed by atoms with Crippen LogP contribution in [0.25, 0.3) is 0 Å². The molecule has 2 rings (SSSR count). The second kappa shape index (κ2) is 16.5. The van der Waals surface area contributed by atoms with Gasteiger partial charge in [-0.3, -0.25) is 0 Å². The molecule has 178 valence electrons. The van der Waals surface area contributed by atoms with E-state index in [0.29, 0.717) is 38.0 Å². The fourth-order valence-corrected chi connectivity index (χ4v) is 2.60. The number of rotatable bonds is 13. The van der Waals surface area contributed by atoms with E-state index < -0.39 is 6.10 Å². The number of aliphatic hydroxyl groups excluding tert-OH is 1. The summed E-state index contributed by atoms with van der Waals surface area (Å²) in [5, 5.41) is 16.6. The lowest BCUT2D eigenvalue weighted by Crippen LogP contribution is -2.43. The summed E-state index contributed by atoms with van der Waals surface area (Å²) in [5.41, 5.74) is 1.04. The molecule has 0 aromatic heterocycles. The van der Waals surface area contributed by atoms with Crippen LogP contribution in [-0.2, 0) is 11.3 Å². The number of aliphatic hydroxyl groups is 1. The van der Waals surface area contributed by atoms with Crippen molar-refractivity contribution in [3.8, 4) is 11.5 Å². The molecule has 2 aromatic rings. The van der Waals surface area contributed by atoms with Crippen LogP contribution >= 0.6 is 24.0 Å². The van der Waals surface area contributed by atoms with Crippen LogP contribution in [0.5, 0.6) is 11.5 Å². The molecular weight excluding hydrogens is 528 g/mol. The Hall–Kier alpha value is -2.11. The highest BCUT2D eigenvalue weighted by Crippen LogP contribution is 2.12. The highest BCUT2D eigenvalue weighted by atomic mass is 127. The predicted molar refractivity (Wildman–Crippen MR) is 135 cm³/mol. The Morgan fingerprint density at radius 3 is 2.41 bits per heavy atom. The van der Waals surface area contributed by atoms with E-state index in [1.807, 2.05) is 31.2 Å². The first-order valence-corrected chi connectivity index (χ1v) is 10.4. The zero-order valence-corrected chi connectivity index (χ0v) is 20.9. The molecule has 0 aliphatic rings. The predicted octanol–water partition coefficient (Wildman–Crippen LogP) is 3.35. The minimum Gasteiger partial charge on any atom is -0.497 e. The second-order valence-corrected chi connectivity index (χ2v) is 6.79. The Kier molecular flexibility index (Phi) is 14.4. The Morgan fingerprint density at radius 2 is 1.75 bits per heavy atom. The lowest BCUT2D eigenvalue weighted by molar-refractivity contribution is 0.110. The van der Waals surface area contributed by atoms with Gasteiger partial charge in [-0.1, -0.05) is 12.1 Å². The van der Waals surface area contributed by atoms with Gasteiger partial charge in [-0.15, -0.1) is 24.0 Å². The topological polar surface area (TPSA) is 84.3 Å². The lowest BCUT2D eigenvalue weighted by atomic mass is 10.2. The van der Waals surface area contributed by atoms with E-state index in [-0.39, 0.29) is 42.9 Å². The Balaban J connectivity index is 0.00000512. The highest BCUT2D eigenvalue weighted by Gasteiger charge is 2.08. The zero-order chi connectivity index (χ0) is 22.3. The molecule has 0 amide bonds. The van der Waals surface area contributed by atoms with Gasteiger partial charge >= 0.3 is 0 Å². The number of nitrogens with one attached hydrogen (secondary N) is 2. The third-order valence-electron chi connectivity index (χ3n) is 4.30. The standard InChI is InChI=1S/C23H32FN3O4.HI/c1-3-30-14-4-13-25-23(26-15-18-5-9-21(29-2)10-6-18)27-16-20(28)17-31-22-11-7-19(24)8-12-22;/h5-12,20,28H,3-4,13-17H2,1-2H3,(H2,25,26,27);1H. The Morgan fingerprint density at radius 1 is 1.06 bits per heavy atom. The van der Waals surface area contributed by atoms with Crippen molar-refractivity contribution < 1.29 is 23.7 Å². The Labute approximate surface area is 206 Å². The summed E-state index contributed by atoms with van der Waals surface area (Å²) in [6.07, 6.45) is 0.0780. The highest BCUT2D eigenvalue weighted by molar-refractivity contribution is 14.0. The van der Waals surface area contributed by atoms with Crippen LogP contribution in [0.4, 0.5) is 4.39 Å². The van der Waals surface area contributed by atoms with E-state index in [9.17, 15) is 9.50 Å². The van der Waals surface area contributed by atoms with Crippen LogP contribution in [-0.4, -0.2) is 57.2 Å². The van der Waals surface area contributed by atoms with Gasteiger partial charge in [0.05, 0.1) is 13.7 Å². The average molecular weight is 561 g/mol. The number of methoxy groups -OCH3 is 1. The summed E-state index contributed by atoms with van der Waals surface area (Å²) in [4.78, 5) is 4.59. The molecule has 0 aliphatic carbocycles. The average Bonchev–Trinajstić information content (AvgIpc) is 2.80. The SMILES string of the molecule is CCOCCCNC(=NCc1ccc(OC)cc1)NCC(O)COc1ccc(F)cc1.I. The molecule has 9 heteroatoms. The van der Waals surface area contributed by atoms with Gasteiger partial charge in [-0.2, -0.15) is 0 Å². The maximum absolute atomic E-state index is 12.9. The van der Waals surface area contributed by atoms with Crippen molar-refractivity contribution in [2.24, 2.45) is 4.99 Å². The minimum absolute atomic E-state index is 0. The van der Waals surface area contributed by atoms with E-state index in [1.165, 1.54) is 24.3 Å². The first-order chi connectivity index (χ1) is 15.1. The van der Waals surface area contributed by atoms with Crippen molar-refractivity contribution >= 4 is 29.9 Å². The molecular formula is C23H33FIN3O4. The maximum atomic E-state index is 12.9. The fraction of sp³-hybridized carbons (Fsp3) is 0.435. The van der Waals surface area contributed by atoms with Crippen molar-refractivity contribution in [1.82, 2.24) is 10.6 Å².